The number of carbonyl (C=O) groups excluding carboxylic acids is 1. The molecule has 1 aromatic rings. The molecule has 1 aliphatic carbocycles. The lowest BCUT2D eigenvalue weighted by molar-refractivity contribution is -0.117. The molecule has 0 bridgehead atoms. The molecule has 1 heterocycles. The normalized spacial score (nSPS) is 23.6. The summed E-state index contributed by atoms with van der Waals surface area (Å²) >= 11 is 0. The van der Waals surface area contributed by atoms with Crippen molar-refractivity contribution < 1.29 is 9.53 Å². The first-order chi connectivity index (χ1) is 8.28. The molecule has 17 heavy (non-hydrogen) atoms. The van der Waals surface area contributed by atoms with Crippen molar-refractivity contribution in [3.05, 3.63) is 23.8 Å². The van der Waals surface area contributed by atoms with Crippen LogP contribution in [-0.4, -0.2) is 13.0 Å². The van der Waals surface area contributed by atoms with Gasteiger partial charge in [0, 0.05) is 18.2 Å². The van der Waals surface area contributed by atoms with Gasteiger partial charge in [0.2, 0.25) is 5.91 Å². The highest BCUT2D eigenvalue weighted by atomic mass is 16.5. The van der Waals surface area contributed by atoms with Crippen LogP contribution in [-0.2, 0) is 4.79 Å². The number of hydrogen-bond acceptors (Lipinski definition) is 2. The molecule has 1 atom stereocenters. The summed E-state index contributed by atoms with van der Waals surface area (Å²) in [5.41, 5.74) is 2.23. The SMILES string of the molecule is COc1ccc2c(c1)NC(=O)CC2C1CCC1. The van der Waals surface area contributed by atoms with Crippen LogP contribution in [0.4, 0.5) is 5.69 Å². The average molecular weight is 231 g/mol. The first-order valence-corrected chi connectivity index (χ1v) is 6.25. The Morgan fingerprint density at radius 1 is 1.35 bits per heavy atom. The molecule has 1 fully saturated rings. The summed E-state index contributed by atoms with van der Waals surface area (Å²) in [5.74, 6) is 2.06. The first-order valence-electron chi connectivity index (χ1n) is 6.25. The molecule has 0 saturated heterocycles. The zero-order valence-corrected chi connectivity index (χ0v) is 10.0. The van der Waals surface area contributed by atoms with Gasteiger partial charge in [0.05, 0.1) is 7.11 Å². The van der Waals surface area contributed by atoms with Gasteiger partial charge in [-0.3, -0.25) is 4.79 Å². The van der Waals surface area contributed by atoms with Gasteiger partial charge < -0.3 is 10.1 Å². The van der Waals surface area contributed by atoms with Crippen LogP contribution >= 0.6 is 0 Å². The molecule has 3 heteroatoms. The summed E-state index contributed by atoms with van der Waals surface area (Å²) in [6.07, 6.45) is 4.49. The molecule has 1 unspecified atom stereocenters. The molecule has 2 aliphatic rings. The molecule has 1 N–H and O–H groups in total. The van der Waals surface area contributed by atoms with Crippen LogP contribution < -0.4 is 10.1 Å². The van der Waals surface area contributed by atoms with Crippen LogP contribution in [0.25, 0.3) is 0 Å². The van der Waals surface area contributed by atoms with Crippen LogP contribution in [0.3, 0.4) is 0 Å². The van der Waals surface area contributed by atoms with Gasteiger partial charge in [0.25, 0.3) is 0 Å². The van der Waals surface area contributed by atoms with E-state index in [9.17, 15) is 4.79 Å². The highest BCUT2D eigenvalue weighted by Gasteiger charge is 2.34. The summed E-state index contributed by atoms with van der Waals surface area (Å²) in [7, 11) is 1.65. The Balaban J connectivity index is 1.97. The quantitative estimate of drug-likeness (QED) is 0.849. The molecular formula is C14H17NO2. The average Bonchev–Trinajstić information content (AvgIpc) is 2.25. The lowest BCUT2D eigenvalue weighted by Gasteiger charge is -2.37. The second-order valence-electron chi connectivity index (χ2n) is 5.00. The summed E-state index contributed by atoms with van der Waals surface area (Å²) < 4.78 is 5.20. The lowest BCUT2D eigenvalue weighted by Crippen LogP contribution is -2.30. The monoisotopic (exact) mass is 231 g/mol. The van der Waals surface area contributed by atoms with Gasteiger partial charge in [0.1, 0.15) is 5.75 Å². The van der Waals surface area contributed by atoms with Crippen molar-refractivity contribution in [2.24, 2.45) is 5.92 Å². The largest absolute Gasteiger partial charge is 0.497 e. The maximum atomic E-state index is 11.7. The highest BCUT2D eigenvalue weighted by Crippen LogP contribution is 2.46. The molecular weight excluding hydrogens is 214 g/mol. The van der Waals surface area contributed by atoms with Gasteiger partial charge in [-0.15, -0.1) is 0 Å². The van der Waals surface area contributed by atoms with Crippen LogP contribution in [0, 0.1) is 5.92 Å². The van der Waals surface area contributed by atoms with Crippen molar-refractivity contribution in [1.82, 2.24) is 0 Å². The van der Waals surface area contributed by atoms with E-state index in [1.165, 1.54) is 24.8 Å². The van der Waals surface area contributed by atoms with Crippen molar-refractivity contribution in [3.63, 3.8) is 0 Å². The van der Waals surface area contributed by atoms with Crippen LogP contribution in [0.2, 0.25) is 0 Å². The smallest absolute Gasteiger partial charge is 0.225 e. The number of ether oxygens (including phenoxy) is 1. The molecule has 1 aliphatic heterocycles. The van der Waals surface area contributed by atoms with E-state index in [-0.39, 0.29) is 5.91 Å². The van der Waals surface area contributed by atoms with E-state index in [0.29, 0.717) is 18.3 Å². The van der Waals surface area contributed by atoms with E-state index in [1.807, 2.05) is 12.1 Å². The molecule has 0 radical (unpaired) electrons. The van der Waals surface area contributed by atoms with E-state index < -0.39 is 0 Å². The Hall–Kier alpha value is -1.51. The third-order valence-corrected chi connectivity index (χ3v) is 4.06. The van der Waals surface area contributed by atoms with Crippen molar-refractivity contribution >= 4 is 11.6 Å². The molecule has 3 rings (SSSR count). The minimum absolute atomic E-state index is 0.141. The van der Waals surface area contributed by atoms with Crippen molar-refractivity contribution in [2.45, 2.75) is 31.6 Å². The van der Waals surface area contributed by atoms with E-state index in [4.69, 9.17) is 4.74 Å². The van der Waals surface area contributed by atoms with Gasteiger partial charge in [-0.05, 0) is 36.3 Å². The van der Waals surface area contributed by atoms with Crippen molar-refractivity contribution in [2.75, 3.05) is 12.4 Å². The number of rotatable bonds is 2. The number of benzene rings is 1. The number of carbonyl (C=O) groups is 1. The molecule has 1 amide bonds. The van der Waals surface area contributed by atoms with Crippen LogP contribution in [0.5, 0.6) is 5.75 Å². The van der Waals surface area contributed by atoms with Crippen molar-refractivity contribution in [3.8, 4) is 5.75 Å². The standard InChI is InChI=1S/C14H17NO2/c1-17-10-5-6-11-12(9-3-2-4-9)8-14(16)15-13(11)7-10/h5-7,9,12H,2-4,8H2,1H3,(H,15,16). The zero-order chi connectivity index (χ0) is 11.8. The van der Waals surface area contributed by atoms with E-state index >= 15 is 0 Å². The summed E-state index contributed by atoms with van der Waals surface area (Å²) in [6, 6.07) is 6.02. The van der Waals surface area contributed by atoms with Crippen molar-refractivity contribution in [1.29, 1.82) is 0 Å². The Morgan fingerprint density at radius 2 is 2.18 bits per heavy atom. The number of methoxy groups -OCH3 is 1. The Labute approximate surface area is 101 Å². The first kappa shape index (κ1) is 10.6. The molecule has 3 nitrogen and oxygen atoms in total. The van der Waals surface area contributed by atoms with Gasteiger partial charge in [-0.1, -0.05) is 12.5 Å². The second-order valence-corrected chi connectivity index (χ2v) is 5.00. The predicted octanol–water partition coefficient (Wildman–Crippen LogP) is 2.92. The third-order valence-electron chi connectivity index (χ3n) is 4.06. The Morgan fingerprint density at radius 3 is 2.82 bits per heavy atom. The lowest BCUT2D eigenvalue weighted by atomic mass is 9.70. The van der Waals surface area contributed by atoms with Gasteiger partial charge in [0.15, 0.2) is 0 Å². The minimum Gasteiger partial charge on any atom is -0.497 e. The number of nitrogens with one attached hydrogen (secondary N) is 1. The second kappa shape index (κ2) is 4.06. The summed E-state index contributed by atoms with van der Waals surface area (Å²) in [5, 5.41) is 2.95. The number of fused-ring (bicyclic) bond motifs is 1. The predicted molar refractivity (Wildman–Crippen MR) is 66.3 cm³/mol. The molecule has 1 aromatic carbocycles. The molecule has 90 valence electrons. The van der Waals surface area contributed by atoms with Crippen LogP contribution in [0.1, 0.15) is 37.2 Å². The fourth-order valence-electron chi connectivity index (χ4n) is 2.87. The maximum absolute atomic E-state index is 11.7. The summed E-state index contributed by atoms with van der Waals surface area (Å²) in [4.78, 5) is 11.7. The zero-order valence-electron chi connectivity index (χ0n) is 10.0. The fourth-order valence-corrected chi connectivity index (χ4v) is 2.87. The van der Waals surface area contributed by atoms with E-state index in [1.54, 1.807) is 7.11 Å². The third kappa shape index (κ3) is 1.79. The molecule has 0 aromatic heterocycles. The molecule has 0 spiro atoms. The van der Waals surface area contributed by atoms with Crippen LogP contribution in [0.15, 0.2) is 18.2 Å². The fraction of sp³-hybridized carbons (Fsp3) is 0.500. The van der Waals surface area contributed by atoms with Gasteiger partial charge in [-0.2, -0.15) is 0 Å². The van der Waals surface area contributed by atoms with Gasteiger partial charge in [-0.25, -0.2) is 0 Å². The van der Waals surface area contributed by atoms with Gasteiger partial charge >= 0.3 is 0 Å². The Bertz CT molecular complexity index is 452. The number of amides is 1. The Kier molecular flexibility index (Phi) is 2.54. The summed E-state index contributed by atoms with van der Waals surface area (Å²) in [6.45, 7) is 0. The van der Waals surface area contributed by atoms with E-state index in [0.717, 1.165) is 11.4 Å². The molecule has 1 saturated carbocycles. The maximum Gasteiger partial charge on any atom is 0.225 e. The highest BCUT2D eigenvalue weighted by molar-refractivity contribution is 5.95. The van der Waals surface area contributed by atoms with E-state index in [2.05, 4.69) is 11.4 Å². The topological polar surface area (TPSA) is 38.3 Å². The minimum atomic E-state index is 0.141. The number of anilines is 1. The number of hydrogen-bond donors (Lipinski definition) is 1.